The van der Waals surface area contributed by atoms with Crippen molar-refractivity contribution in [3.8, 4) is 11.5 Å². The number of nitrogens with one attached hydrogen (secondary N) is 1. The Balaban J connectivity index is 1.68. The molecule has 1 N–H and O–H groups in total. The first-order valence-electron chi connectivity index (χ1n) is 11.2. The first-order chi connectivity index (χ1) is 18.2. The molecule has 0 spiro atoms. The van der Waals surface area contributed by atoms with Gasteiger partial charge in [-0.15, -0.1) is 0 Å². The van der Waals surface area contributed by atoms with Crippen LogP contribution in [0, 0.1) is 10.1 Å². The largest absolute Gasteiger partial charge is 0.490 e. The Morgan fingerprint density at radius 3 is 2.55 bits per heavy atom. The molecule has 194 valence electrons. The molecule has 0 aliphatic carbocycles. The van der Waals surface area contributed by atoms with Gasteiger partial charge in [0, 0.05) is 22.7 Å². The number of amides is 4. The number of ether oxygens (including phenoxy) is 2. The number of urea groups is 1. The van der Waals surface area contributed by atoms with E-state index >= 15 is 0 Å². The van der Waals surface area contributed by atoms with Gasteiger partial charge in [0.1, 0.15) is 12.2 Å². The zero-order valence-corrected chi connectivity index (χ0v) is 22.1. The van der Waals surface area contributed by atoms with E-state index in [1.807, 2.05) is 18.2 Å². The predicted octanol–water partition coefficient (Wildman–Crippen LogP) is 5.65. The summed E-state index contributed by atoms with van der Waals surface area (Å²) in [5.74, 6) is -1.11. The summed E-state index contributed by atoms with van der Waals surface area (Å²) in [6, 6.07) is 14.4. The van der Waals surface area contributed by atoms with E-state index in [0.29, 0.717) is 38.1 Å². The average molecular weight is 601 g/mol. The summed E-state index contributed by atoms with van der Waals surface area (Å²) in [6.45, 7) is 2.26. The van der Waals surface area contributed by atoms with Gasteiger partial charge in [0.15, 0.2) is 11.5 Å². The van der Waals surface area contributed by atoms with Crippen LogP contribution in [-0.4, -0.2) is 29.4 Å². The standard InChI is InChI=1S/C26H19BrClN3O7/c1-2-37-22-12-15(11-20(27)23(22)38-14-16-6-3-4-9-21(16)28)10-19-24(32)29-26(34)30(25(19)33)17-7-5-8-18(13-17)31(35)36/h3-13H,2,14H2,1H3,(H,29,32,34)/b19-10+. The van der Waals surface area contributed by atoms with Crippen LogP contribution in [0.2, 0.25) is 5.02 Å². The zero-order chi connectivity index (χ0) is 27.4. The average Bonchev–Trinajstić information content (AvgIpc) is 2.87. The lowest BCUT2D eigenvalue weighted by atomic mass is 10.1. The maximum absolute atomic E-state index is 13.2. The van der Waals surface area contributed by atoms with Crippen LogP contribution in [0.3, 0.4) is 0 Å². The number of rotatable bonds is 8. The van der Waals surface area contributed by atoms with Crippen molar-refractivity contribution >= 4 is 62.8 Å². The number of non-ortho nitro benzene ring substituents is 1. The maximum Gasteiger partial charge on any atom is 0.335 e. The van der Waals surface area contributed by atoms with Gasteiger partial charge in [-0.05, 0) is 58.8 Å². The minimum absolute atomic E-state index is 0.0559. The van der Waals surface area contributed by atoms with Crippen LogP contribution >= 0.6 is 27.5 Å². The molecule has 1 aliphatic heterocycles. The van der Waals surface area contributed by atoms with Gasteiger partial charge in [-0.2, -0.15) is 0 Å². The van der Waals surface area contributed by atoms with Crippen LogP contribution in [0.25, 0.3) is 6.08 Å². The van der Waals surface area contributed by atoms with Crippen LogP contribution in [-0.2, 0) is 16.2 Å². The number of imide groups is 2. The van der Waals surface area contributed by atoms with Crippen molar-refractivity contribution < 1.29 is 28.8 Å². The number of hydrogen-bond acceptors (Lipinski definition) is 7. The molecule has 0 unspecified atom stereocenters. The molecule has 0 bridgehead atoms. The van der Waals surface area contributed by atoms with E-state index in [2.05, 4.69) is 21.2 Å². The molecule has 0 radical (unpaired) electrons. The molecule has 0 aromatic heterocycles. The van der Waals surface area contributed by atoms with Crippen molar-refractivity contribution in [1.82, 2.24) is 5.32 Å². The van der Waals surface area contributed by atoms with Crippen molar-refractivity contribution in [2.75, 3.05) is 11.5 Å². The maximum atomic E-state index is 13.2. The fraction of sp³-hybridized carbons (Fsp3) is 0.115. The molecule has 1 fully saturated rings. The highest BCUT2D eigenvalue weighted by Gasteiger charge is 2.37. The van der Waals surface area contributed by atoms with Crippen LogP contribution in [0.4, 0.5) is 16.2 Å². The summed E-state index contributed by atoms with van der Waals surface area (Å²) in [5, 5.41) is 13.8. The summed E-state index contributed by atoms with van der Waals surface area (Å²) >= 11 is 9.67. The Hall–Kier alpha value is -4.22. The lowest BCUT2D eigenvalue weighted by Gasteiger charge is -2.26. The highest BCUT2D eigenvalue weighted by molar-refractivity contribution is 9.10. The van der Waals surface area contributed by atoms with E-state index in [4.69, 9.17) is 21.1 Å². The number of hydrogen-bond donors (Lipinski definition) is 1. The number of barbiturate groups is 1. The van der Waals surface area contributed by atoms with E-state index in [1.54, 1.807) is 25.1 Å². The highest BCUT2D eigenvalue weighted by Crippen LogP contribution is 2.38. The quantitative estimate of drug-likeness (QED) is 0.153. The smallest absolute Gasteiger partial charge is 0.335 e. The summed E-state index contributed by atoms with van der Waals surface area (Å²) < 4.78 is 12.2. The summed E-state index contributed by atoms with van der Waals surface area (Å²) in [6.07, 6.45) is 1.29. The van der Waals surface area contributed by atoms with Gasteiger partial charge in [-0.25, -0.2) is 9.69 Å². The normalized spacial score (nSPS) is 14.4. The van der Waals surface area contributed by atoms with Crippen molar-refractivity contribution in [3.63, 3.8) is 0 Å². The Morgan fingerprint density at radius 2 is 1.84 bits per heavy atom. The second-order valence-electron chi connectivity index (χ2n) is 7.88. The Bertz CT molecular complexity index is 1490. The van der Waals surface area contributed by atoms with E-state index in [0.717, 1.165) is 11.6 Å². The van der Waals surface area contributed by atoms with Crippen LogP contribution in [0.5, 0.6) is 11.5 Å². The van der Waals surface area contributed by atoms with Crippen molar-refractivity contribution in [1.29, 1.82) is 0 Å². The lowest BCUT2D eigenvalue weighted by molar-refractivity contribution is -0.384. The van der Waals surface area contributed by atoms with Gasteiger partial charge >= 0.3 is 6.03 Å². The predicted molar refractivity (Wildman–Crippen MR) is 143 cm³/mol. The Kier molecular flexibility index (Phi) is 8.08. The topological polar surface area (TPSA) is 128 Å². The van der Waals surface area contributed by atoms with Gasteiger partial charge in [-0.1, -0.05) is 35.9 Å². The zero-order valence-electron chi connectivity index (χ0n) is 19.8. The number of carbonyl (C=O) groups excluding carboxylic acids is 3. The molecule has 1 aliphatic rings. The monoisotopic (exact) mass is 599 g/mol. The van der Waals surface area contributed by atoms with E-state index in [1.165, 1.54) is 24.3 Å². The number of carbonyl (C=O) groups is 3. The van der Waals surface area contributed by atoms with Gasteiger partial charge in [0.05, 0.1) is 21.7 Å². The number of nitro groups is 1. The molecule has 0 saturated carbocycles. The molecule has 0 atom stereocenters. The number of nitro benzene ring substituents is 1. The molecular formula is C26H19BrClN3O7. The molecule has 3 aromatic carbocycles. The molecule has 4 amide bonds. The number of anilines is 1. The second-order valence-corrected chi connectivity index (χ2v) is 9.14. The molecular weight excluding hydrogens is 582 g/mol. The molecule has 12 heteroatoms. The third-order valence-electron chi connectivity index (χ3n) is 5.37. The van der Waals surface area contributed by atoms with Gasteiger partial charge < -0.3 is 9.47 Å². The summed E-state index contributed by atoms with van der Waals surface area (Å²) in [4.78, 5) is 49.4. The first kappa shape index (κ1) is 26.8. The fourth-order valence-corrected chi connectivity index (χ4v) is 4.41. The number of benzene rings is 3. The van der Waals surface area contributed by atoms with Crippen molar-refractivity contribution in [2.45, 2.75) is 13.5 Å². The molecule has 1 heterocycles. The SMILES string of the molecule is CCOc1cc(/C=C2\C(=O)NC(=O)N(c3cccc([N+](=O)[O-])c3)C2=O)cc(Br)c1OCc1ccccc1Cl. The van der Waals surface area contributed by atoms with Crippen LogP contribution in [0.15, 0.2) is 70.7 Å². The number of nitrogens with zero attached hydrogens (tertiary/aromatic N) is 2. The number of halogens is 2. The molecule has 1 saturated heterocycles. The van der Waals surface area contributed by atoms with Gasteiger partial charge in [-0.3, -0.25) is 25.0 Å². The molecule has 38 heavy (non-hydrogen) atoms. The van der Waals surface area contributed by atoms with Gasteiger partial charge in [0.2, 0.25) is 0 Å². The van der Waals surface area contributed by atoms with E-state index < -0.39 is 22.8 Å². The summed E-state index contributed by atoms with van der Waals surface area (Å²) in [7, 11) is 0. The fourth-order valence-electron chi connectivity index (χ4n) is 3.64. The van der Waals surface area contributed by atoms with Crippen molar-refractivity contribution in [3.05, 3.63) is 97.0 Å². The Morgan fingerprint density at radius 1 is 1.08 bits per heavy atom. The van der Waals surface area contributed by atoms with E-state index in [9.17, 15) is 24.5 Å². The summed E-state index contributed by atoms with van der Waals surface area (Å²) in [5.41, 5.74) is 0.445. The molecule has 10 nitrogen and oxygen atoms in total. The molecule has 3 aromatic rings. The first-order valence-corrected chi connectivity index (χ1v) is 12.3. The third kappa shape index (κ3) is 5.68. The Labute approximate surface area is 230 Å². The third-order valence-corrected chi connectivity index (χ3v) is 6.33. The van der Waals surface area contributed by atoms with Crippen molar-refractivity contribution in [2.24, 2.45) is 0 Å². The van der Waals surface area contributed by atoms with Crippen LogP contribution < -0.4 is 19.7 Å². The highest BCUT2D eigenvalue weighted by atomic mass is 79.9. The van der Waals surface area contributed by atoms with Gasteiger partial charge in [0.25, 0.3) is 17.5 Å². The second kappa shape index (κ2) is 11.4. The minimum Gasteiger partial charge on any atom is -0.490 e. The minimum atomic E-state index is -1.02. The van der Waals surface area contributed by atoms with E-state index in [-0.39, 0.29) is 23.6 Å². The lowest BCUT2D eigenvalue weighted by Crippen LogP contribution is -2.54. The van der Waals surface area contributed by atoms with Crippen LogP contribution in [0.1, 0.15) is 18.1 Å². The molecule has 4 rings (SSSR count).